The number of nitrogens with zero attached hydrogens (tertiary/aromatic N) is 5. The number of ether oxygens (including phenoxy) is 1. The van der Waals surface area contributed by atoms with Crippen molar-refractivity contribution in [2.75, 3.05) is 19.6 Å². The molecule has 0 unspecified atom stereocenters. The Morgan fingerprint density at radius 3 is 2.59 bits per heavy atom. The molecular weight excluding hydrogens is 278 g/mol. The van der Waals surface area contributed by atoms with Crippen molar-refractivity contribution in [2.45, 2.75) is 38.9 Å². The zero-order valence-corrected chi connectivity index (χ0v) is 13.2. The fraction of sp³-hybridized carbons (Fsp3) is 0.562. The summed E-state index contributed by atoms with van der Waals surface area (Å²) in [6.07, 6.45) is 2.56. The smallest absolute Gasteiger partial charge is 0.156 e. The number of hydrogen-bond acceptors (Lipinski definition) is 5. The molecule has 1 aromatic heterocycles. The van der Waals surface area contributed by atoms with E-state index in [1.165, 1.54) is 0 Å². The molecular formula is C16H23N5O. The van der Waals surface area contributed by atoms with Crippen LogP contribution in [0.5, 0.6) is 0 Å². The number of hydrogen-bond donors (Lipinski definition) is 0. The summed E-state index contributed by atoms with van der Waals surface area (Å²) < 4.78 is 7.59. The van der Waals surface area contributed by atoms with Gasteiger partial charge in [0, 0.05) is 19.5 Å². The van der Waals surface area contributed by atoms with Gasteiger partial charge in [-0.2, -0.15) is 4.68 Å². The van der Waals surface area contributed by atoms with Crippen molar-refractivity contribution in [2.24, 2.45) is 0 Å². The third-order valence-electron chi connectivity index (χ3n) is 3.90. The fourth-order valence-corrected chi connectivity index (χ4v) is 3.06. The summed E-state index contributed by atoms with van der Waals surface area (Å²) >= 11 is 0. The molecule has 2 heterocycles. The van der Waals surface area contributed by atoms with Crippen LogP contribution in [0.1, 0.15) is 26.1 Å². The van der Waals surface area contributed by atoms with Gasteiger partial charge >= 0.3 is 0 Å². The van der Waals surface area contributed by atoms with Gasteiger partial charge in [-0.15, -0.1) is 5.10 Å². The zero-order chi connectivity index (χ0) is 15.4. The van der Waals surface area contributed by atoms with Gasteiger partial charge < -0.3 is 4.74 Å². The van der Waals surface area contributed by atoms with Crippen molar-refractivity contribution in [3.63, 3.8) is 0 Å². The molecule has 22 heavy (non-hydrogen) atoms. The largest absolute Gasteiger partial charge is 0.373 e. The lowest BCUT2D eigenvalue weighted by atomic mass is 10.2. The van der Waals surface area contributed by atoms with E-state index in [4.69, 9.17) is 4.74 Å². The van der Waals surface area contributed by atoms with Crippen LogP contribution in [0.2, 0.25) is 0 Å². The van der Waals surface area contributed by atoms with Crippen molar-refractivity contribution in [1.82, 2.24) is 25.1 Å². The summed E-state index contributed by atoms with van der Waals surface area (Å²) in [6, 6.07) is 10.0. The van der Waals surface area contributed by atoms with Crippen LogP contribution in [0.15, 0.2) is 30.3 Å². The second-order valence-electron chi connectivity index (χ2n) is 5.96. The van der Waals surface area contributed by atoms with Gasteiger partial charge in [0.25, 0.3) is 0 Å². The van der Waals surface area contributed by atoms with Crippen LogP contribution in [0.4, 0.5) is 0 Å². The molecule has 0 aliphatic carbocycles. The summed E-state index contributed by atoms with van der Waals surface area (Å²) in [7, 11) is 0. The predicted octanol–water partition coefficient (Wildman–Crippen LogP) is 1.70. The van der Waals surface area contributed by atoms with Gasteiger partial charge in [-0.25, -0.2) is 0 Å². The number of benzene rings is 1. The SMILES string of the molecule is C[C@@H]1CN(CCCc2nnnn2-c2ccccc2)C[C@H](C)O1. The van der Waals surface area contributed by atoms with Crippen LogP contribution in [0.3, 0.4) is 0 Å². The highest BCUT2D eigenvalue weighted by Gasteiger charge is 2.21. The molecule has 0 N–H and O–H groups in total. The topological polar surface area (TPSA) is 56.1 Å². The van der Waals surface area contributed by atoms with E-state index in [2.05, 4.69) is 34.3 Å². The predicted molar refractivity (Wildman–Crippen MR) is 83.9 cm³/mol. The van der Waals surface area contributed by atoms with Crippen LogP contribution < -0.4 is 0 Å². The van der Waals surface area contributed by atoms with Gasteiger partial charge in [-0.1, -0.05) is 18.2 Å². The molecule has 2 aromatic rings. The minimum absolute atomic E-state index is 0.318. The maximum atomic E-state index is 5.77. The Hall–Kier alpha value is -1.79. The molecule has 1 fully saturated rings. The van der Waals surface area contributed by atoms with Crippen molar-refractivity contribution in [3.05, 3.63) is 36.2 Å². The first kappa shape index (κ1) is 15.1. The monoisotopic (exact) mass is 301 g/mol. The quantitative estimate of drug-likeness (QED) is 0.841. The Labute approximate surface area is 131 Å². The average molecular weight is 301 g/mol. The standard InChI is InChI=1S/C16H23N5O/c1-13-11-20(12-14(2)22-13)10-6-9-16-17-18-19-21(16)15-7-4-3-5-8-15/h3-5,7-8,13-14H,6,9-12H2,1-2H3/t13-,14+. The first-order valence-corrected chi connectivity index (χ1v) is 7.93. The second-order valence-corrected chi connectivity index (χ2v) is 5.96. The Balaban J connectivity index is 1.56. The van der Waals surface area contributed by atoms with E-state index in [1.54, 1.807) is 0 Å². The van der Waals surface area contributed by atoms with Crippen LogP contribution in [0.25, 0.3) is 5.69 Å². The van der Waals surface area contributed by atoms with E-state index in [-0.39, 0.29) is 0 Å². The Morgan fingerprint density at radius 2 is 1.86 bits per heavy atom. The lowest BCUT2D eigenvalue weighted by molar-refractivity contribution is -0.0680. The number of aryl methyl sites for hydroxylation is 1. The molecule has 0 saturated carbocycles. The minimum Gasteiger partial charge on any atom is -0.373 e. The summed E-state index contributed by atoms with van der Waals surface area (Å²) in [4.78, 5) is 2.47. The minimum atomic E-state index is 0.318. The van der Waals surface area contributed by atoms with E-state index in [0.29, 0.717) is 12.2 Å². The van der Waals surface area contributed by atoms with Crippen LogP contribution in [-0.2, 0) is 11.2 Å². The van der Waals surface area contributed by atoms with Gasteiger partial charge in [0.15, 0.2) is 5.82 Å². The first-order chi connectivity index (χ1) is 10.7. The second kappa shape index (κ2) is 6.98. The summed E-state index contributed by atoms with van der Waals surface area (Å²) in [5.41, 5.74) is 1.01. The Morgan fingerprint density at radius 1 is 1.14 bits per heavy atom. The third-order valence-corrected chi connectivity index (χ3v) is 3.90. The number of rotatable bonds is 5. The lowest BCUT2D eigenvalue weighted by Crippen LogP contribution is -2.45. The molecule has 3 rings (SSSR count). The van der Waals surface area contributed by atoms with Crippen LogP contribution in [0, 0.1) is 0 Å². The van der Waals surface area contributed by atoms with Gasteiger partial charge in [0.2, 0.25) is 0 Å². The zero-order valence-electron chi connectivity index (χ0n) is 13.2. The summed E-state index contributed by atoms with van der Waals surface area (Å²) in [5.74, 6) is 0.917. The molecule has 6 nitrogen and oxygen atoms in total. The van der Waals surface area contributed by atoms with E-state index >= 15 is 0 Å². The molecule has 0 amide bonds. The van der Waals surface area contributed by atoms with Crippen molar-refractivity contribution < 1.29 is 4.74 Å². The summed E-state index contributed by atoms with van der Waals surface area (Å²) in [5, 5.41) is 12.1. The normalized spacial score (nSPS) is 22.8. The van der Waals surface area contributed by atoms with Gasteiger partial charge in [0.05, 0.1) is 17.9 Å². The van der Waals surface area contributed by atoms with Gasteiger partial charge in [0.1, 0.15) is 0 Å². The molecule has 0 bridgehead atoms. The highest BCUT2D eigenvalue weighted by Crippen LogP contribution is 2.12. The highest BCUT2D eigenvalue weighted by molar-refractivity contribution is 5.30. The molecule has 118 valence electrons. The average Bonchev–Trinajstić information content (AvgIpc) is 2.96. The maximum absolute atomic E-state index is 5.77. The number of aromatic nitrogens is 4. The van der Waals surface area contributed by atoms with E-state index < -0.39 is 0 Å². The molecule has 1 aliphatic rings. The molecule has 0 spiro atoms. The molecule has 2 atom stereocenters. The number of tetrazole rings is 1. The molecule has 0 radical (unpaired) electrons. The third kappa shape index (κ3) is 3.69. The maximum Gasteiger partial charge on any atom is 0.156 e. The van der Waals surface area contributed by atoms with Crippen molar-refractivity contribution >= 4 is 0 Å². The highest BCUT2D eigenvalue weighted by atomic mass is 16.5. The van der Waals surface area contributed by atoms with Crippen molar-refractivity contribution in [3.8, 4) is 5.69 Å². The number of morpholine rings is 1. The van der Waals surface area contributed by atoms with E-state index in [9.17, 15) is 0 Å². The van der Waals surface area contributed by atoms with E-state index in [0.717, 1.165) is 44.0 Å². The molecule has 1 saturated heterocycles. The van der Waals surface area contributed by atoms with Gasteiger partial charge in [-0.05, 0) is 49.4 Å². The number of para-hydroxylation sites is 1. The lowest BCUT2D eigenvalue weighted by Gasteiger charge is -2.35. The van der Waals surface area contributed by atoms with Crippen molar-refractivity contribution in [1.29, 1.82) is 0 Å². The summed E-state index contributed by atoms with van der Waals surface area (Å²) in [6.45, 7) is 7.35. The van der Waals surface area contributed by atoms with E-state index in [1.807, 2.05) is 35.0 Å². The Bertz CT molecular complexity index is 575. The first-order valence-electron chi connectivity index (χ1n) is 7.93. The molecule has 6 heteroatoms. The van der Waals surface area contributed by atoms with Crippen LogP contribution in [-0.4, -0.2) is 56.9 Å². The van der Waals surface area contributed by atoms with Crippen LogP contribution >= 0.6 is 0 Å². The molecule has 1 aliphatic heterocycles. The fourth-order valence-electron chi connectivity index (χ4n) is 3.06. The molecule has 1 aromatic carbocycles. The Kier molecular flexibility index (Phi) is 4.80. The van der Waals surface area contributed by atoms with Gasteiger partial charge in [-0.3, -0.25) is 4.90 Å².